The third-order valence-corrected chi connectivity index (χ3v) is 6.62. The van der Waals surface area contributed by atoms with Gasteiger partial charge in [0.05, 0.1) is 16.3 Å². The lowest BCUT2D eigenvalue weighted by molar-refractivity contribution is -0.119. The fraction of sp³-hybridized carbons (Fsp3) is 0.444. The van der Waals surface area contributed by atoms with E-state index >= 15 is 0 Å². The standard InChI is InChI=1S/C18H21ClFN5O2S2/c1-11(2)21-14(26)10-28-18-23-22-17(29-18)25-8-6-24(7-9-25)16(27)15-12(19)4-3-5-13(15)20/h3-5,11H,6-10H2,1-2H3,(H,21,26). The third kappa shape index (κ3) is 5.58. The maximum atomic E-state index is 14.0. The highest BCUT2D eigenvalue weighted by molar-refractivity contribution is 8.01. The van der Waals surface area contributed by atoms with Crippen LogP contribution in [0.3, 0.4) is 0 Å². The summed E-state index contributed by atoms with van der Waals surface area (Å²) in [5.74, 6) is -0.770. The second-order valence-electron chi connectivity index (χ2n) is 6.74. The molecule has 2 aromatic rings. The third-order valence-electron chi connectivity index (χ3n) is 4.19. The molecule has 1 aliphatic rings. The molecule has 1 fully saturated rings. The van der Waals surface area contributed by atoms with Gasteiger partial charge in [0.1, 0.15) is 5.82 Å². The van der Waals surface area contributed by atoms with E-state index in [9.17, 15) is 14.0 Å². The smallest absolute Gasteiger partial charge is 0.258 e. The molecule has 1 saturated heterocycles. The number of carbonyl (C=O) groups is 2. The molecule has 0 radical (unpaired) electrons. The summed E-state index contributed by atoms with van der Waals surface area (Å²) in [6.45, 7) is 5.81. The maximum absolute atomic E-state index is 14.0. The zero-order chi connectivity index (χ0) is 21.0. The molecule has 11 heteroatoms. The van der Waals surface area contributed by atoms with Crippen molar-refractivity contribution >= 4 is 51.6 Å². The first-order valence-electron chi connectivity index (χ1n) is 9.09. The molecule has 0 unspecified atom stereocenters. The van der Waals surface area contributed by atoms with E-state index < -0.39 is 11.7 Å². The van der Waals surface area contributed by atoms with Gasteiger partial charge in [-0.25, -0.2) is 4.39 Å². The lowest BCUT2D eigenvalue weighted by Crippen LogP contribution is -2.49. The van der Waals surface area contributed by atoms with Gasteiger partial charge in [-0.2, -0.15) is 0 Å². The Kier molecular flexibility index (Phi) is 7.31. The lowest BCUT2D eigenvalue weighted by Gasteiger charge is -2.34. The minimum atomic E-state index is -0.614. The Hall–Kier alpha value is -1.91. The summed E-state index contributed by atoms with van der Waals surface area (Å²) in [7, 11) is 0. The molecular weight excluding hydrogens is 437 g/mol. The van der Waals surface area contributed by atoms with E-state index in [4.69, 9.17) is 11.6 Å². The van der Waals surface area contributed by atoms with Gasteiger partial charge in [-0.05, 0) is 26.0 Å². The molecule has 2 amide bonds. The normalized spacial score (nSPS) is 14.4. The van der Waals surface area contributed by atoms with E-state index in [-0.39, 0.29) is 22.5 Å². The number of halogens is 2. The van der Waals surface area contributed by atoms with Crippen molar-refractivity contribution in [3.05, 3.63) is 34.6 Å². The van der Waals surface area contributed by atoms with Crippen LogP contribution in [0.1, 0.15) is 24.2 Å². The Balaban J connectivity index is 1.54. The van der Waals surface area contributed by atoms with Gasteiger partial charge in [0, 0.05) is 32.2 Å². The molecule has 0 saturated carbocycles. The van der Waals surface area contributed by atoms with Crippen molar-refractivity contribution in [1.82, 2.24) is 20.4 Å². The molecule has 7 nitrogen and oxygen atoms in total. The van der Waals surface area contributed by atoms with E-state index in [1.807, 2.05) is 18.7 Å². The number of nitrogens with zero attached hydrogens (tertiary/aromatic N) is 4. The number of aromatic nitrogens is 2. The van der Waals surface area contributed by atoms with Crippen molar-refractivity contribution in [2.75, 3.05) is 36.8 Å². The van der Waals surface area contributed by atoms with Gasteiger partial charge in [-0.1, -0.05) is 40.8 Å². The summed E-state index contributed by atoms with van der Waals surface area (Å²) >= 11 is 8.77. The van der Waals surface area contributed by atoms with Crippen molar-refractivity contribution in [3.63, 3.8) is 0 Å². The molecule has 0 atom stereocenters. The van der Waals surface area contributed by atoms with Gasteiger partial charge in [0.15, 0.2) is 4.34 Å². The number of nitrogens with one attached hydrogen (secondary N) is 1. The van der Waals surface area contributed by atoms with Crippen LogP contribution in [-0.4, -0.2) is 64.9 Å². The highest BCUT2D eigenvalue weighted by atomic mass is 35.5. The first-order chi connectivity index (χ1) is 13.8. The second kappa shape index (κ2) is 9.73. The molecular formula is C18H21ClFN5O2S2. The van der Waals surface area contributed by atoms with Gasteiger partial charge < -0.3 is 15.1 Å². The van der Waals surface area contributed by atoms with Crippen LogP contribution >= 0.6 is 34.7 Å². The van der Waals surface area contributed by atoms with Gasteiger partial charge in [-0.15, -0.1) is 10.2 Å². The minimum absolute atomic E-state index is 0.0410. The number of piperazine rings is 1. The Morgan fingerprint density at radius 1 is 1.28 bits per heavy atom. The molecule has 0 spiro atoms. The van der Waals surface area contributed by atoms with Crippen molar-refractivity contribution in [2.24, 2.45) is 0 Å². The molecule has 1 aliphatic heterocycles. The van der Waals surface area contributed by atoms with Crippen LogP contribution in [0.15, 0.2) is 22.5 Å². The SMILES string of the molecule is CC(C)NC(=O)CSc1nnc(N2CCN(C(=O)c3c(F)cccc3Cl)CC2)s1. The van der Waals surface area contributed by atoms with Gasteiger partial charge >= 0.3 is 0 Å². The predicted molar refractivity (Wildman–Crippen MR) is 113 cm³/mol. The Morgan fingerprint density at radius 3 is 2.66 bits per heavy atom. The number of hydrogen-bond acceptors (Lipinski definition) is 7. The number of thioether (sulfide) groups is 1. The Bertz CT molecular complexity index is 867. The molecule has 1 aromatic carbocycles. The largest absolute Gasteiger partial charge is 0.353 e. The number of hydrogen-bond donors (Lipinski definition) is 1. The monoisotopic (exact) mass is 457 g/mol. The van der Waals surface area contributed by atoms with Crippen LogP contribution in [0.4, 0.5) is 9.52 Å². The van der Waals surface area contributed by atoms with Gasteiger partial charge in [0.2, 0.25) is 11.0 Å². The minimum Gasteiger partial charge on any atom is -0.353 e. The van der Waals surface area contributed by atoms with Gasteiger partial charge in [-0.3, -0.25) is 9.59 Å². The number of benzene rings is 1. The molecule has 0 bridgehead atoms. The fourth-order valence-corrected chi connectivity index (χ4v) is 4.79. The molecule has 0 aliphatic carbocycles. The quantitative estimate of drug-likeness (QED) is 0.672. The maximum Gasteiger partial charge on any atom is 0.258 e. The van der Waals surface area contributed by atoms with Crippen LogP contribution in [0, 0.1) is 5.82 Å². The predicted octanol–water partition coefficient (Wildman–Crippen LogP) is 2.91. The molecule has 2 heterocycles. The average Bonchev–Trinajstić information content (AvgIpc) is 3.15. The fourth-order valence-electron chi connectivity index (χ4n) is 2.84. The molecule has 1 N–H and O–H groups in total. The zero-order valence-corrected chi connectivity index (χ0v) is 18.4. The van der Waals surface area contributed by atoms with E-state index in [2.05, 4.69) is 15.5 Å². The number of amides is 2. The van der Waals surface area contributed by atoms with Crippen LogP contribution in [0.25, 0.3) is 0 Å². The number of carbonyl (C=O) groups excluding carboxylic acids is 2. The molecule has 29 heavy (non-hydrogen) atoms. The number of rotatable bonds is 6. The number of anilines is 1. The molecule has 156 valence electrons. The summed E-state index contributed by atoms with van der Waals surface area (Å²) in [5.41, 5.74) is -0.0862. The highest BCUT2D eigenvalue weighted by Crippen LogP contribution is 2.29. The van der Waals surface area contributed by atoms with Crippen molar-refractivity contribution in [3.8, 4) is 0 Å². The first kappa shape index (κ1) is 21.8. The van der Waals surface area contributed by atoms with Crippen LogP contribution in [0.5, 0.6) is 0 Å². The lowest BCUT2D eigenvalue weighted by atomic mass is 10.1. The van der Waals surface area contributed by atoms with Crippen molar-refractivity contribution in [1.29, 1.82) is 0 Å². The summed E-state index contributed by atoms with van der Waals surface area (Å²) < 4.78 is 14.7. The highest BCUT2D eigenvalue weighted by Gasteiger charge is 2.27. The summed E-state index contributed by atoms with van der Waals surface area (Å²) in [5, 5.41) is 12.0. The van der Waals surface area contributed by atoms with E-state index in [0.29, 0.717) is 31.9 Å². The van der Waals surface area contributed by atoms with Crippen LogP contribution in [-0.2, 0) is 4.79 Å². The topological polar surface area (TPSA) is 78.4 Å². The van der Waals surface area contributed by atoms with Gasteiger partial charge in [0.25, 0.3) is 5.91 Å². The summed E-state index contributed by atoms with van der Waals surface area (Å²) in [6.07, 6.45) is 0. The Labute approximate surface area is 181 Å². The molecule has 3 rings (SSSR count). The van der Waals surface area contributed by atoms with E-state index in [1.165, 1.54) is 41.3 Å². The van der Waals surface area contributed by atoms with E-state index in [0.717, 1.165) is 9.47 Å². The Morgan fingerprint density at radius 2 is 2.00 bits per heavy atom. The van der Waals surface area contributed by atoms with Crippen molar-refractivity contribution in [2.45, 2.75) is 24.2 Å². The second-order valence-corrected chi connectivity index (χ2v) is 9.32. The average molecular weight is 458 g/mol. The summed E-state index contributed by atoms with van der Waals surface area (Å²) in [6, 6.07) is 4.32. The summed E-state index contributed by atoms with van der Waals surface area (Å²) in [4.78, 5) is 28.0. The van der Waals surface area contributed by atoms with E-state index in [1.54, 1.807) is 4.90 Å². The first-order valence-corrected chi connectivity index (χ1v) is 11.3. The van der Waals surface area contributed by atoms with Crippen LogP contribution in [0.2, 0.25) is 5.02 Å². The zero-order valence-electron chi connectivity index (χ0n) is 16.0. The van der Waals surface area contributed by atoms with Crippen molar-refractivity contribution < 1.29 is 14.0 Å². The van der Waals surface area contributed by atoms with Crippen LogP contribution < -0.4 is 10.2 Å². The molecule has 1 aromatic heterocycles.